The molecule has 0 heterocycles. The van der Waals surface area contributed by atoms with Crippen LogP contribution < -0.4 is 0 Å². The van der Waals surface area contributed by atoms with Gasteiger partial charge in [-0.05, 0) is 0 Å². The van der Waals surface area contributed by atoms with E-state index in [0.29, 0.717) is 15.0 Å². The molecule has 0 amide bonds. The maximum absolute atomic E-state index is 3.20. The number of hydrogen-bond donors (Lipinski definition) is 0. The molecule has 0 rings (SSSR count). The van der Waals surface area contributed by atoms with Gasteiger partial charge in [0, 0.05) is 0 Å². The van der Waals surface area contributed by atoms with Crippen molar-refractivity contribution in [1.82, 2.24) is 0 Å². The van der Waals surface area contributed by atoms with Crippen molar-refractivity contribution in [3.05, 3.63) is 0 Å². The number of hydrogen-bond acceptors (Lipinski definition) is 1. The summed E-state index contributed by atoms with van der Waals surface area (Å²) in [6.07, 6.45) is 2.66. The third-order valence-corrected chi connectivity index (χ3v) is 3.31. The number of thioether (sulfide) groups is 1. The van der Waals surface area contributed by atoms with Crippen molar-refractivity contribution in [3.8, 4) is 10.1 Å². The van der Waals surface area contributed by atoms with Crippen LogP contribution in [0.1, 0.15) is 26.7 Å². The molecule has 0 bridgehead atoms. The molecule has 58 valence electrons. The molecule has 0 aliphatic heterocycles. The Balaban J connectivity index is 2.96. The van der Waals surface area contributed by atoms with Crippen LogP contribution in [0.4, 0.5) is 0 Å². The van der Waals surface area contributed by atoms with E-state index in [9.17, 15) is 0 Å². The molecule has 0 radical (unpaired) electrons. The summed E-state index contributed by atoms with van der Waals surface area (Å²) in [7, 11) is 0. The zero-order valence-electron chi connectivity index (χ0n) is 6.64. The van der Waals surface area contributed by atoms with Gasteiger partial charge in [-0.3, -0.25) is 0 Å². The van der Waals surface area contributed by atoms with Gasteiger partial charge in [-0.15, -0.1) is 0 Å². The van der Waals surface area contributed by atoms with Crippen molar-refractivity contribution >= 4 is 26.7 Å². The van der Waals surface area contributed by atoms with Gasteiger partial charge in [0.1, 0.15) is 0 Å². The molecule has 0 aliphatic rings. The van der Waals surface area contributed by atoms with Crippen molar-refractivity contribution in [2.24, 2.45) is 0 Å². The summed E-state index contributed by atoms with van der Waals surface area (Å²) in [6.45, 7) is 4.36. The van der Waals surface area contributed by atoms with Crippen molar-refractivity contribution < 1.29 is 0 Å². The fourth-order valence-corrected chi connectivity index (χ4v) is 2.53. The monoisotopic (exact) mass is 222 g/mol. The van der Waals surface area contributed by atoms with Gasteiger partial charge in [0.25, 0.3) is 0 Å². The Morgan fingerprint density at radius 1 is 1.40 bits per heavy atom. The Morgan fingerprint density at radius 3 is 2.80 bits per heavy atom. The van der Waals surface area contributed by atoms with E-state index in [-0.39, 0.29) is 0 Å². The number of rotatable bonds is 4. The molecule has 0 aromatic rings. The summed E-state index contributed by atoms with van der Waals surface area (Å²) in [5, 5.41) is 4.42. The van der Waals surface area contributed by atoms with Crippen molar-refractivity contribution in [1.29, 1.82) is 0 Å². The molecule has 0 nitrogen and oxygen atoms in total. The fourth-order valence-electron chi connectivity index (χ4n) is 0.399. The zero-order valence-corrected chi connectivity index (χ0v) is 9.17. The first-order chi connectivity index (χ1) is 4.91. The van der Waals surface area contributed by atoms with Gasteiger partial charge in [-0.25, -0.2) is 0 Å². The maximum atomic E-state index is 3.20. The molecule has 0 spiro atoms. The van der Waals surface area contributed by atoms with Crippen LogP contribution in [0.25, 0.3) is 0 Å². The molecule has 0 saturated carbocycles. The molecule has 10 heavy (non-hydrogen) atoms. The van der Waals surface area contributed by atoms with Gasteiger partial charge >= 0.3 is 74.6 Å². The summed E-state index contributed by atoms with van der Waals surface area (Å²) in [5.74, 6) is 1.12. The minimum atomic E-state index is 0.595. The molecule has 0 N–H and O–H groups in total. The van der Waals surface area contributed by atoms with Gasteiger partial charge in [0.05, 0.1) is 0 Å². The van der Waals surface area contributed by atoms with Crippen LogP contribution >= 0.6 is 11.8 Å². The molecule has 0 saturated heterocycles. The van der Waals surface area contributed by atoms with Gasteiger partial charge in [-0.2, -0.15) is 0 Å². The van der Waals surface area contributed by atoms with E-state index in [0.717, 1.165) is 5.75 Å². The predicted molar refractivity (Wildman–Crippen MR) is 51.4 cm³/mol. The van der Waals surface area contributed by atoms with Gasteiger partial charge in [-0.1, -0.05) is 0 Å². The average molecular weight is 221 g/mol. The van der Waals surface area contributed by atoms with Crippen LogP contribution in [0.2, 0.25) is 5.32 Å². The van der Waals surface area contributed by atoms with E-state index in [4.69, 9.17) is 0 Å². The SMILES string of the molecule is CCCC[Se]C#CSCC. The molecule has 0 aromatic heterocycles. The van der Waals surface area contributed by atoms with Crippen molar-refractivity contribution in [3.63, 3.8) is 0 Å². The van der Waals surface area contributed by atoms with E-state index in [1.54, 1.807) is 11.8 Å². The van der Waals surface area contributed by atoms with Gasteiger partial charge in [0.15, 0.2) is 0 Å². The molecule has 0 atom stereocenters. The Kier molecular flexibility index (Phi) is 9.83. The van der Waals surface area contributed by atoms with E-state index >= 15 is 0 Å². The second-order valence-corrected chi connectivity index (χ2v) is 4.80. The number of unbranched alkanes of at least 4 members (excludes halogenated alkanes) is 1. The molecule has 0 aromatic carbocycles. The zero-order chi connectivity index (χ0) is 7.66. The minimum absolute atomic E-state index is 0.595. The second kappa shape index (κ2) is 9.43. The first-order valence-electron chi connectivity index (χ1n) is 3.65. The molecular weight excluding hydrogens is 207 g/mol. The van der Waals surface area contributed by atoms with Gasteiger partial charge < -0.3 is 0 Å². The van der Waals surface area contributed by atoms with Crippen LogP contribution in [0.5, 0.6) is 0 Å². The second-order valence-electron chi connectivity index (χ2n) is 1.84. The Labute approximate surface area is 74.7 Å². The normalized spacial score (nSPS) is 8.60. The molecule has 0 unspecified atom stereocenters. The van der Waals surface area contributed by atoms with Gasteiger partial charge in [0.2, 0.25) is 0 Å². The quantitative estimate of drug-likeness (QED) is 0.399. The summed E-state index contributed by atoms with van der Waals surface area (Å²) in [6, 6.07) is 0. The van der Waals surface area contributed by atoms with Crippen LogP contribution in [0, 0.1) is 10.1 Å². The van der Waals surface area contributed by atoms with Crippen LogP contribution in [0.15, 0.2) is 0 Å². The van der Waals surface area contributed by atoms with Crippen LogP contribution in [0.3, 0.4) is 0 Å². The average Bonchev–Trinajstić information content (AvgIpc) is 1.97. The molecular formula is C8H14SSe. The molecule has 2 heteroatoms. The standard InChI is InChI=1S/C8H14SSe/c1-3-5-7-10-8-6-9-4-2/h3-5,7H2,1-2H3. The summed E-state index contributed by atoms with van der Waals surface area (Å²) >= 11 is 2.32. The fraction of sp³-hybridized carbons (Fsp3) is 0.750. The van der Waals surface area contributed by atoms with Crippen LogP contribution in [-0.4, -0.2) is 20.7 Å². The summed E-state index contributed by atoms with van der Waals surface area (Å²) in [4.78, 5) is 3.20. The topological polar surface area (TPSA) is 0 Å². The third-order valence-electron chi connectivity index (χ3n) is 0.930. The van der Waals surface area contributed by atoms with E-state index < -0.39 is 0 Å². The summed E-state index contributed by atoms with van der Waals surface area (Å²) in [5.41, 5.74) is 0. The van der Waals surface area contributed by atoms with Crippen LogP contribution in [-0.2, 0) is 0 Å². The molecule has 0 fully saturated rings. The Morgan fingerprint density at radius 2 is 2.20 bits per heavy atom. The summed E-state index contributed by atoms with van der Waals surface area (Å²) < 4.78 is 0. The third kappa shape index (κ3) is 8.43. The van der Waals surface area contributed by atoms with E-state index in [2.05, 4.69) is 23.9 Å². The molecule has 0 aliphatic carbocycles. The van der Waals surface area contributed by atoms with Crippen molar-refractivity contribution in [2.45, 2.75) is 32.0 Å². The Hall–Kier alpha value is 0.429. The van der Waals surface area contributed by atoms with E-state index in [1.165, 1.54) is 18.2 Å². The van der Waals surface area contributed by atoms with Crippen molar-refractivity contribution in [2.75, 3.05) is 5.75 Å². The predicted octanol–water partition coefficient (Wildman–Crippen LogP) is 2.58. The first kappa shape index (κ1) is 10.4. The Bertz CT molecular complexity index is 112. The first-order valence-corrected chi connectivity index (χ1v) is 6.70. The van der Waals surface area contributed by atoms with E-state index in [1.807, 2.05) is 0 Å².